The first-order valence-corrected chi connectivity index (χ1v) is 7.14. The molecule has 0 fully saturated rings. The van der Waals surface area contributed by atoms with Crippen LogP contribution >= 0.6 is 11.6 Å². The number of imide groups is 1. The van der Waals surface area contributed by atoms with E-state index in [2.05, 4.69) is 11.4 Å². The van der Waals surface area contributed by atoms with Crippen molar-refractivity contribution in [3.05, 3.63) is 40.9 Å². The number of nitrogens with zero attached hydrogens (tertiary/aromatic N) is 1. The maximum atomic E-state index is 11.8. The first-order chi connectivity index (χ1) is 9.97. The molecule has 3 amide bonds. The number of nitrogens with one attached hydrogen (secondary N) is 1. The van der Waals surface area contributed by atoms with Crippen molar-refractivity contribution in [2.45, 2.75) is 19.4 Å². The quantitative estimate of drug-likeness (QED) is 0.897. The van der Waals surface area contributed by atoms with E-state index in [9.17, 15) is 9.59 Å². The van der Waals surface area contributed by atoms with Crippen molar-refractivity contribution in [1.29, 1.82) is 0 Å². The number of benzene rings is 1. The molecular weight excluding hydrogens is 290 g/mol. The van der Waals surface area contributed by atoms with E-state index in [-0.39, 0.29) is 5.91 Å². The monoisotopic (exact) mass is 307 g/mol. The Morgan fingerprint density at radius 2 is 2.19 bits per heavy atom. The summed E-state index contributed by atoms with van der Waals surface area (Å²) in [6.07, 6.45) is 2.91. The van der Waals surface area contributed by atoms with Crippen LogP contribution in [-0.4, -0.2) is 36.0 Å². The normalized spacial score (nSPS) is 17.0. The van der Waals surface area contributed by atoms with Crippen LogP contribution in [-0.2, 0) is 4.79 Å². The van der Waals surface area contributed by atoms with Crippen LogP contribution in [0.4, 0.5) is 4.79 Å². The minimum Gasteiger partial charge on any atom is -0.351 e. The molecule has 21 heavy (non-hydrogen) atoms. The van der Waals surface area contributed by atoms with Gasteiger partial charge in [0.1, 0.15) is 0 Å². The van der Waals surface area contributed by atoms with E-state index in [0.29, 0.717) is 11.6 Å². The molecule has 2 rings (SSSR count). The third kappa shape index (κ3) is 4.06. The van der Waals surface area contributed by atoms with Crippen molar-refractivity contribution in [2.75, 3.05) is 13.1 Å². The van der Waals surface area contributed by atoms with Gasteiger partial charge < -0.3 is 5.73 Å². The molecule has 3 N–H and O–H groups in total. The standard InChI is InChI=1S/C15H18ClN3O2/c1-10(14(20)18-15(17)21)19-7-5-11(6-8-19)12-3-2-4-13(16)9-12/h2-5,9-10H,6-8H2,1H3,(H3,17,18,20,21). The first kappa shape index (κ1) is 15.5. The summed E-state index contributed by atoms with van der Waals surface area (Å²) >= 11 is 6.00. The highest BCUT2D eigenvalue weighted by molar-refractivity contribution is 6.30. The zero-order chi connectivity index (χ0) is 15.4. The van der Waals surface area contributed by atoms with Gasteiger partial charge in [-0.15, -0.1) is 0 Å². The Balaban J connectivity index is 2.01. The number of halogens is 1. The fourth-order valence-corrected chi connectivity index (χ4v) is 2.57. The molecule has 6 heteroatoms. The van der Waals surface area contributed by atoms with Crippen LogP contribution in [0.5, 0.6) is 0 Å². The number of hydrogen-bond acceptors (Lipinski definition) is 3. The zero-order valence-corrected chi connectivity index (χ0v) is 12.6. The molecule has 1 heterocycles. The minimum atomic E-state index is -0.820. The van der Waals surface area contributed by atoms with Gasteiger partial charge in [-0.2, -0.15) is 0 Å². The van der Waals surface area contributed by atoms with Crippen LogP contribution in [0.15, 0.2) is 30.3 Å². The molecule has 1 aliphatic heterocycles. The second kappa shape index (κ2) is 6.74. The molecule has 1 aromatic rings. The van der Waals surface area contributed by atoms with Crippen LogP contribution in [0.2, 0.25) is 5.02 Å². The van der Waals surface area contributed by atoms with Gasteiger partial charge >= 0.3 is 6.03 Å². The SMILES string of the molecule is CC(C(=O)NC(N)=O)N1CC=C(c2cccc(Cl)c2)CC1. The van der Waals surface area contributed by atoms with Gasteiger partial charge in [-0.1, -0.05) is 29.8 Å². The van der Waals surface area contributed by atoms with Crippen LogP contribution in [0.25, 0.3) is 5.57 Å². The number of primary amides is 1. The van der Waals surface area contributed by atoms with Crippen molar-refractivity contribution >= 4 is 29.1 Å². The summed E-state index contributed by atoms with van der Waals surface area (Å²) < 4.78 is 0. The van der Waals surface area contributed by atoms with Gasteiger partial charge in [-0.05, 0) is 36.6 Å². The Labute approximate surface area is 128 Å². The topological polar surface area (TPSA) is 75.4 Å². The van der Waals surface area contributed by atoms with Gasteiger partial charge in [0.25, 0.3) is 0 Å². The molecule has 112 valence electrons. The zero-order valence-electron chi connectivity index (χ0n) is 11.8. The summed E-state index contributed by atoms with van der Waals surface area (Å²) in [5.41, 5.74) is 7.29. The molecule has 1 aliphatic rings. The Kier molecular flexibility index (Phi) is 4.98. The van der Waals surface area contributed by atoms with Crippen LogP contribution < -0.4 is 11.1 Å². The van der Waals surface area contributed by atoms with Gasteiger partial charge in [0.05, 0.1) is 6.04 Å². The van der Waals surface area contributed by atoms with Gasteiger partial charge in [0, 0.05) is 18.1 Å². The summed E-state index contributed by atoms with van der Waals surface area (Å²) in [5, 5.41) is 2.82. The Morgan fingerprint density at radius 1 is 1.43 bits per heavy atom. The number of amides is 3. The highest BCUT2D eigenvalue weighted by atomic mass is 35.5. The Bertz CT molecular complexity index is 586. The number of hydrogen-bond donors (Lipinski definition) is 2. The van der Waals surface area contributed by atoms with Crippen LogP contribution in [0.3, 0.4) is 0 Å². The summed E-state index contributed by atoms with van der Waals surface area (Å²) in [4.78, 5) is 24.5. The number of nitrogens with two attached hydrogens (primary N) is 1. The second-order valence-corrected chi connectivity index (χ2v) is 5.45. The van der Waals surface area contributed by atoms with E-state index in [4.69, 9.17) is 17.3 Å². The molecule has 1 aromatic carbocycles. The maximum Gasteiger partial charge on any atom is 0.318 e. The van der Waals surface area contributed by atoms with E-state index in [1.54, 1.807) is 6.92 Å². The highest BCUT2D eigenvalue weighted by Crippen LogP contribution is 2.25. The largest absolute Gasteiger partial charge is 0.351 e. The smallest absolute Gasteiger partial charge is 0.318 e. The molecule has 5 nitrogen and oxygen atoms in total. The molecule has 1 atom stereocenters. The minimum absolute atomic E-state index is 0.373. The molecule has 0 saturated carbocycles. The average molecular weight is 308 g/mol. The van der Waals surface area contributed by atoms with Crippen molar-refractivity contribution in [3.63, 3.8) is 0 Å². The van der Waals surface area contributed by atoms with Crippen molar-refractivity contribution in [1.82, 2.24) is 10.2 Å². The molecule has 0 aromatic heterocycles. The lowest BCUT2D eigenvalue weighted by molar-refractivity contribution is -0.124. The molecule has 0 bridgehead atoms. The Morgan fingerprint density at radius 3 is 2.76 bits per heavy atom. The van der Waals surface area contributed by atoms with E-state index in [1.165, 1.54) is 5.57 Å². The lowest BCUT2D eigenvalue weighted by atomic mass is 9.99. The number of rotatable bonds is 3. The van der Waals surface area contributed by atoms with Gasteiger partial charge in [-0.25, -0.2) is 4.79 Å². The van der Waals surface area contributed by atoms with E-state index in [0.717, 1.165) is 18.5 Å². The third-order valence-electron chi connectivity index (χ3n) is 3.61. The van der Waals surface area contributed by atoms with Crippen LogP contribution in [0.1, 0.15) is 18.9 Å². The summed E-state index contributed by atoms with van der Waals surface area (Å²) in [6.45, 7) is 3.15. The fraction of sp³-hybridized carbons (Fsp3) is 0.333. The second-order valence-electron chi connectivity index (χ2n) is 5.01. The molecular formula is C15H18ClN3O2. The molecule has 0 spiro atoms. The van der Waals surface area contributed by atoms with E-state index >= 15 is 0 Å². The fourth-order valence-electron chi connectivity index (χ4n) is 2.38. The van der Waals surface area contributed by atoms with E-state index in [1.807, 2.05) is 29.2 Å². The molecule has 0 saturated heterocycles. The molecule has 1 unspecified atom stereocenters. The Hall–Kier alpha value is -1.85. The summed E-state index contributed by atoms with van der Waals surface area (Å²) in [5.74, 6) is -0.373. The molecule has 0 radical (unpaired) electrons. The van der Waals surface area contributed by atoms with E-state index < -0.39 is 12.1 Å². The number of urea groups is 1. The average Bonchev–Trinajstić information content (AvgIpc) is 2.46. The number of carbonyl (C=O) groups excluding carboxylic acids is 2. The lowest BCUT2D eigenvalue weighted by Gasteiger charge is -2.30. The predicted molar refractivity (Wildman–Crippen MR) is 82.8 cm³/mol. The number of carbonyl (C=O) groups is 2. The molecule has 0 aliphatic carbocycles. The summed E-state index contributed by atoms with van der Waals surface area (Å²) in [6, 6.07) is 6.52. The predicted octanol–water partition coefficient (Wildman–Crippen LogP) is 2.01. The van der Waals surface area contributed by atoms with Crippen molar-refractivity contribution in [3.8, 4) is 0 Å². The third-order valence-corrected chi connectivity index (χ3v) is 3.84. The van der Waals surface area contributed by atoms with Gasteiger partial charge in [0.15, 0.2) is 0 Å². The first-order valence-electron chi connectivity index (χ1n) is 6.76. The van der Waals surface area contributed by atoms with Gasteiger partial charge in [-0.3, -0.25) is 15.0 Å². The maximum absolute atomic E-state index is 11.8. The highest BCUT2D eigenvalue weighted by Gasteiger charge is 2.24. The van der Waals surface area contributed by atoms with Crippen LogP contribution in [0, 0.1) is 0 Å². The summed E-state index contributed by atoms with van der Waals surface area (Å²) in [7, 11) is 0. The van der Waals surface area contributed by atoms with Gasteiger partial charge in [0.2, 0.25) is 5.91 Å². The van der Waals surface area contributed by atoms with Crippen molar-refractivity contribution < 1.29 is 9.59 Å². The lowest BCUT2D eigenvalue weighted by Crippen LogP contribution is -2.49. The van der Waals surface area contributed by atoms with Crippen molar-refractivity contribution in [2.24, 2.45) is 5.73 Å².